The van der Waals surface area contributed by atoms with Gasteiger partial charge >= 0.3 is 0 Å². The van der Waals surface area contributed by atoms with E-state index >= 15 is 0 Å². The van der Waals surface area contributed by atoms with E-state index in [9.17, 15) is 9.59 Å². The molecule has 1 aromatic rings. The molecule has 0 aromatic heterocycles. The lowest BCUT2D eigenvalue weighted by molar-refractivity contribution is -0.131. The van der Waals surface area contributed by atoms with Crippen molar-refractivity contribution in [3.8, 4) is 11.5 Å². The third-order valence-electron chi connectivity index (χ3n) is 3.51. The number of amides is 2. The van der Waals surface area contributed by atoms with Crippen LogP contribution in [0.25, 0.3) is 0 Å². The second kappa shape index (κ2) is 6.03. The summed E-state index contributed by atoms with van der Waals surface area (Å²) in [6, 6.07) is 4.67. The Hall–Kier alpha value is -2.24. The van der Waals surface area contributed by atoms with Crippen molar-refractivity contribution in [3.05, 3.63) is 18.2 Å². The van der Waals surface area contributed by atoms with Gasteiger partial charge in [0.05, 0.1) is 20.8 Å². The minimum atomic E-state index is -0.524. The van der Waals surface area contributed by atoms with Gasteiger partial charge < -0.3 is 14.8 Å². The third kappa shape index (κ3) is 2.79. The normalized spacial score (nSPS) is 18.7. The van der Waals surface area contributed by atoms with Gasteiger partial charge in [0, 0.05) is 11.8 Å². The van der Waals surface area contributed by atoms with Gasteiger partial charge in [-0.25, -0.2) is 0 Å². The number of carbonyl (C=O) groups excluding carboxylic acids is 2. The molecular weight excluding hydrogens is 272 g/mol. The van der Waals surface area contributed by atoms with E-state index in [0.29, 0.717) is 17.2 Å². The summed E-state index contributed by atoms with van der Waals surface area (Å²) in [5.41, 5.74) is 0.631. The summed E-state index contributed by atoms with van der Waals surface area (Å²) in [5, 5.41) is 2.63. The lowest BCUT2D eigenvalue weighted by Crippen LogP contribution is -2.60. The highest BCUT2D eigenvalue weighted by atomic mass is 16.5. The lowest BCUT2D eigenvalue weighted by atomic mass is 9.98. The van der Waals surface area contributed by atoms with Crippen LogP contribution in [-0.4, -0.2) is 38.6 Å². The second-order valence-corrected chi connectivity index (χ2v) is 5.21. The number of piperazine rings is 1. The van der Waals surface area contributed by atoms with Gasteiger partial charge in [-0.2, -0.15) is 0 Å². The van der Waals surface area contributed by atoms with Crippen molar-refractivity contribution in [1.29, 1.82) is 0 Å². The van der Waals surface area contributed by atoms with E-state index in [2.05, 4.69) is 5.32 Å². The summed E-state index contributed by atoms with van der Waals surface area (Å²) in [5.74, 6) is 0.829. The van der Waals surface area contributed by atoms with Crippen LogP contribution in [0.4, 0.5) is 5.69 Å². The van der Waals surface area contributed by atoms with Gasteiger partial charge in [0.25, 0.3) is 0 Å². The molecule has 1 atom stereocenters. The van der Waals surface area contributed by atoms with E-state index < -0.39 is 6.04 Å². The maximum atomic E-state index is 12.2. The van der Waals surface area contributed by atoms with E-state index in [4.69, 9.17) is 9.47 Å². The van der Waals surface area contributed by atoms with Crippen LogP contribution in [0.15, 0.2) is 18.2 Å². The zero-order valence-electron chi connectivity index (χ0n) is 12.7. The monoisotopic (exact) mass is 292 g/mol. The molecule has 0 aliphatic carbocycles. The van der Waals surface area contributed by atoms with E-state index in [-0.39, 0.29) is 24.3 Å². The number of rotatable bonds is 4. The molecule has 1 unspecified atom stereocenters. The zero-order valence-corrected chi connectivity index (χ0v) is 12.7. The van der Waals surface area contributed by atoms with Crippen LogP contribution >= 0.6 is 0 Å². The van der Waals surface area contributed by atoms with E-state index in [0.717, 1.165) is 0 Å². The summed E-state index contributed by atoms with van der Waals surface area (Å²) >= 11 is 0. The van der Waals surface area contributed by atoms with Crippen molar-refractivity contribution in [3.63, 3.8) is 0 Å². The average molecular weight is 292 g/mol. The molecule has 0 radical (unpaired) electrons. The quantitative estimate of drug-likeness (QED) is 0.905. The Morgan fingerprint density at radius 3 is 2.43 bits per heavy atom. The van der Waals surface area contributed by atoms with Crippen LogP contribution in [0.1, 0.15) is 13.8 Å². The number of hydrogen-bond acceptors (Lipinski definition) is 4. The van der Waals surface area contributed by atoms with Gasteiger partial charge in [-0.05, 0) is 18.1 Å². The number of benzene rings is 1. The average Bonchev–Trinajstić information content (AvgIpc) is 2.48. The Morgan fingerprint density at radius 2 is 1.86 bits per heavy atom. The first-order valence-corrected chi connectivity index (χ1v) is 6.81. The largest absolute Gasteiger partial charge is 0.493 e. The molecule has 1 aromatic carbocycles. The highest BCUT2D eigenvalue weighted by molar-refractivity contribution is 6.06. The molecule has 1 aliphatic heterocycles. The van der Waals surface area contributed by atoms with Crippen LogP contribution in [-0.2, 0) is 9.59 Å². The second-order valence-electron chi connectivity index (χ2n) is 5.21. The van der Waals surface area contributed by atoms with Crippen molar-refractivity contribution < 1.29 is 19.1 Å². The standard InChI is InChI=1S/C15H20N2O4/c1-9(2)14-15(19)16-8-13(18)17(14)10-5-6-11(20-3)12(7-10)21-4/h5-7,9,14H,8H2,1-4H3,(H,16,19). The molecule has 2 amide bonds. The predicted octanol–water partition coefficient (Wildman–Crippen LogP) is 1.19. The van der Waals surface area contributed by atoms with Crippen LogP contribution in [0.3, 0.4) is 0 Å². The van der Waals surface area contributed by atoms with Gasteiger partial charge in [-0.3, -0.25) is 14.5 Å². The molecule has 0 spiro atoms. The van der Waals surface area contributed by atoms with Gasteiger partial charge in [-0.15, -0.1) is 0 Å². The van der Waals surface area contributed by atoms with Crippen LogP contribution < -0.4 is 19.7 Å². The molecule has 1 fully saturated rings. The van der Waals surface area contributed by atoms with Crippen molar-refractivity contribution in [2.45, 2.75) is 19.9 Å². The first-order valence-electron chi connectivity index (χ1n) is 6.81. The number of nitrogens with zero attached hydrogens (tertiary/aromatic N) is 1. The Labute approximate surface area is 124 Å². The molecule has 1 aliphatic rings. The molecule has 1 N–H and O–H groups in total. The Bertz CT molecular complexity index is 557. The van der Waals surface area contributed by atoms with Crippen molar-refractivity contribution in [2.75, 3.05) is 25.7 Å². The topological polar surface area (TPSA) is 67.9 Å². The number of nitrogens with one attached hydrogen (secondary N) is 1. The van der Waals surface area contributed by atoms with Crippen molar-refractivity contribution in [1.82, 2.24) is 5.32 Å². The van der Waals surface area contributed by atoms with Crippen molar-refractivity contribution in [2.24, 2.45) is 5.92 Å². The summed E-state index contributed by atoms with van der Waals surface area (Å²) in [6.07, 6.45) is 0. The number of methoxy groups -OCH3 is 2. The summed E-state index contributed by atoms with van der Waals surface area (Å²) in [4.78, 5) is 25.9. The number of carbonyl (C=O) groups is 2. The molecule has 6 heteroatoms. The van der Waals surface area contributed by atoms with Crippen LogP contribution in [0, 0.1) is 5.92 Å². The van der Waals surface area contributed by atoms with E-state index in [1.54, 1.807) is 25.3 Å². The first kappa shape index (κ1) is 15.2. The molecule has 114 valence electrons. The predicted molar refractivity (Wildman–Crippen MR) is 78.7 cm³/mol. The Morgan fingerprint density at radius 1 is 1.19 bits per heavy atom. The van der Waals surface area contributed by atoms with E-state index in [1.165, 1.54) is 12.0 Å². The van der Waals surface area contributed by atoms with Gasteiger partial charge in [0.15, 0.2) is 11.5 Å². The number of ether oxygens (including phenoxy) is 2. The zero-order chi connectivity index (χ0) is 15.6. The number of anilines is 1. The van der Waals surface area contributed by atoms with E-state index in [1.807, 2.05) is 13.8 Å². The maximum Gasteiger partial charge on any atom is 0.247 e. The lowest BCUT2D eigenvalue weighted by Gasteiger charge is -2.37. The van der Waals surface area contributed by atoms with Gasteiger partial charge in [-0.1, -0.05) is 13.8 Å². The fourth-order valence-corrected chi connectivity index (χ4v) is 2.51. The molecule has 2 rings (SSSR count). The fraction of sp³-hybridized carbons (Fsp3) is 0.467. The number of hydrogen-bond donors (Lipinski definition) is 1. The Kier molecular flexibility index (Phi) is 4.35. The summed E-state index contributed by atoms with van der Waals surface area (Å²) in [6.45, 7) is 3.84. The van der Waals surface area contributed by atoms with Crippen molar-refractivity contribution >= 4 is 17.5 Å². The SMILES string of the molecule is COc1ccc(N2C(=O)CNC(=O)C2C(C)C)cc1OC. The Balaban J connectivity index is 2.45. The molecule has 6 nitrogen and oxygen atoms in total. The molecule has 1 saturated heterocycles. The maximum absolute atomic E-state index is 12.2. The highest BCUT2D eigenvalue weighted by Gasteiger charge is 2.37. The molecule has 0 bridgehead atoms. The highest BCUT2D eigenvalue weighted by Crippen LogP contribution is 2.33. The molecule has 0 saturated carbocycles. The van der Waals surface area contributed by atoms with Gasteiger partial charge in [0.2, 0.25) is 11.8 Å². The minimum absolute atomic E-state index is 0.00217. The first-order chi connectivity index (χ1) is 9.99. The molecular formula is C15H20N2O4. The fourth-order valence-electron chi connectivity index (χ4n) is 2.51. The van der Waals surface area contributed by atoms with Crippen LogP contribution in [0.2, 0.25) is 0 Å². The molecule has 21 heavy (non-hydrogen) atoms. The smallest absolute Gasteiger partial charge is 0.247 e. The molecule has 1 heterocycles. The van der Waals surface area contributed by atoms with Crippen LogP contribution in [0.5, 0.6) is 11.5 Å². The third-order valence-corrected chi connectivity index (χ3v) is 3.51. The summed E-state index contributed by atoms with van der Waals surface area (Å²) < 4.78 is 10.5. The minimum Gasteiger partial charge on any atom is -0.493 e. The summed E-state index contributed by atoms with van der Waals surface area (Å²) in [7, 11) is 3.08. The van der Waals surface area contributed by atoms with Gasteiger partial charge in [0.1, 0.15) is 6.04 Å².